The Morgan fingerprint density at radius 3 is 2.06 bits per heavy atom. The molecule has 0 aliphatic rings. The Balaban J connectivity index is 1.45. The van der Waals surface area contributed by atoms with E-state index in [1.165, 1.54) is 6.92 Å². The van der Waals surface area contributed by atoms with Gasteiger partial charge in [-0.15, -0.1) is 0 Å². The zero-order valence-electron chi connectivity index (χ0n) is 18.3. The Morgan fingerprint density at radius 2 is 1.52 bits per heavy atom. The molecule has 0 fully saturated rings. The van der Waals surface area contributed by atoms with Crippen LogP contribution in [0.1, 0.15) is 25.5 Å². The molecule has 2 N–H and O–H groups in total. The van der Waals surface area contributed by atoms with Crippen molar-refractivity contribution >= 4 is 21.6 Å². The van der Waals surface area contributed by atoms with Crippen LogP contribution in [0.5, 0.6) is 0 Å². The van der Waals surface area contributed by atoms with E-state index in [0.29, 0.717) is 5.69 Å². The summed E-state index contributed by atoms with van der Waals surface area (Å²) in [5, 5.41) is 2.72. The Bertz CT molecular complexity index is 1330. The molecule has 168 valence electrons. The van der Waals surface area contributed by atoms with E-state index in [1.807, 2.05) is 66.2 Å². The monoisotopic (exact) mass is 460 g/mol. The fourth-order valence-electron chi connectivity index (χ4n) is 3.49. The quantitative estimate of drug-likeness (QED) is 0.424. The number of nitrogens with one attached hydrogen (secondary N) is 2. The van der Waals surface area contributed by atoms with Crippen LogP contribution in [0, 0.1) is 0 Å². The van der Waals surface area contributed by atoms with E-state index in [2.05, 4.69) is 15.0 Å². The van der Waals surface area contributed by atoms with Gasteiger partial charge in [0.1, 0.15) is 0 Å². The van der Waals surface area contributed by atoms with Crippen molar-refractivity contribution in [2.75, 3.05) is 5.32 Å². The molecule has 3 aromatic carbocycles. The lowest BCUT2D eigenvalue weighted by Crippen LogP contribution is -2.26. The van der Waals surface area contributed by atoms with Crippen LogP contribution in [0.3, 0.4) is 0 Å². The Labute approximate surface area is 193 Å². The van der Waals surface area contributed by atoms with Gasteiger partial charge in [-0.2, -0.15) is 0 Å². The third-order valence-electron chi connectivity index (χ3n) is 5.23. The molecule has 0 saturated carbocycles. The minimum Gasteiger partial charge on any atom is -0.326 e. The molecule has 33 heavy (non-hydrogen) atoms. The van der Waals surface area contributed by atoms with Crippen LogP contribution in [0.4, 0.5) is 5.69 Å². The van der Waals surface area contributed by atoms with E-state index < -0.39 is 16.1 Å². The number of hydrogen-bond donors (Lipinski definition) is 2. The maximum atomic E-state index is 12.9. The lowest BCUT2D eigenvalue weighted by molar-refractivity contribution is -0.114. The molecule has 1 aromatic heterocycles. The summed E-state index contributed by atoms with van der Waals surface area (Å²) in [5.74, 6) is -0.131. The Hall–Kier alpha value is -3.75. The average Bonchev–Trinajstić information content (AvgIpc) is 3.34. The van der Waals surface area contributed by atoms with Crippen LogP contribution < -0.4 is 10.0 Å². The van der Waals surface area contributed by atoms with Crippen LogP contribution >= 0.6 is 0 Å². The first-order chi connectivity index (χ1) is 15.8. The van der Waals surface area contributed by atoms with Gasteiger partial charge in [-0.05, 0) is 60.0 Å². The van der Waals surface area contributed by atoms with Crippen molar-refractivity contribution in [1.82, 2.24) is 14.3 Å². The van der Waals surface area contributed by atoms with Crippen molar-refractivity contribution in [1.29, 1.82) is 0 Å². The number of rotatable bonds is 7. The third kappa shape index (κ3) is 5.36. The molecule has 0 aliphatic heterocycles. The predicted octanol–water partition coefficient (Wildman–Crippen LogP) is 4.54. The number of carbonyl (C=O) groups excluding carboxylic acids is 1. The number of anilines is 1. The van der Waals surface area contributed by atoms with Crippen molar-refractivity contribution < 1.29 is 13.2 Å². The molecule has 4 rings (SSSR count). The van der Waals surface area contributed by atoms with Gasteiger partial charge in [0.2, 0.25) is 15.9 Å². The molecule has 0 bridgehead atoms. The summed E-state index contributed by atoms with van der Waals surface area (Å²) < 4.78 is 30.4. The third-order valence-corrected chi connectivity index (χ3v) is 6.79. The second-order valence-corrected chi connectivity index (χ2v) is 9.40. The largest absolute Gasteiger partial charge is 0.326 e. The fourth-order valence-corrected chi connectivity index (χ4v) is 4.72. The van der Waals surface area contributed by atoms with Crippen LogP contribution in [0.15, 0.2) is 96.4 Å². The lowest BCUT2D eigenvalue weighted by atomic mass is 10.1. The molecule has 0 saturated heterocycles. The van der Waals surface area contributed by atoms with E-state index in [9.17, 15) is 13.2 Å². The number of aromatic nitrogens is 2. The van der Waals surface area contributed by atoms with Crippen molar-refractivity contribution in [2.24, 2.45) is 0 Å². The van der Waals surface area contributed by atoms with Crippen LogP contribution in [-0.2, 0) is 14.8 Å². The smallest absolute Gasteiger partial charge is 0.241 e. The predicted molar refractivity (Wildman–Crippen MR) is 128 cm³/mol. The van der Waals surface area contributed by atoms with E-state index in [-0.39, 0.29) is 10.8 Å². The lowest BCUT2D eigenvalue weighted by Gasteiger charge is -2.16. The minimum absolute atomic E-state index is 0.131. The van der Waals surface area contributed by atoms with Gasteiger partial charge in [-0.3, -0.25) is 4.79 Å². The normalized spacial score (nSPS) is 12.3. The van der Waals surface area contributed by atoms with Gasteiger partial charge in [0.25, 0.3) is 0 Å². The molecule has 1 amide bonds. The summed E-state index contributed by atoms with van der Waals surface area (Å²) in [4.78, 5) is 15.4. The zero-order chi connectivity index (χ0) is 23.4. The molecule has 8 heteroatoms. The number of sulfonamides is 1. The molecule has 0 unspecified atom stereocenters. The van der Waals surface area contributed by atoms with Crippen LogP contribution in [0.2, 0.25) is 0 Å². The fraction of sp³-hybridized carbons (Fsp3) is 0.120. The molecule has 0 aliphatic carbocycles. The summed E-state index contributed by atoms with van der Waals surface area (Å²) in [6.07, 6.45) is 5.27. The molecule has 1 atom stereocenters. The molecule has 0 spiro atoms. The molecule has 1 heterocycles. The van der Waals surface area contributed by atoms with Crippen LogP contribution in [0.25, 0.3) is 16.8 Å². The first-order valence-corrected chi connectivity index (χ1v) is 11.9. The number of hydrogen-bond acceptors (Lipinski definition) is 4. The van der Waals surface area contributed by atoms with Gasteiger partial charge in [-0.25, -0.2) is 18.1 Å². The van der Waals surface area contributed by atoms with Gasteiger partial charge in [0, 0.05) is 36.7 Å². The van der Waals surface area contributed by atoms with Gasteiger partial charge in [0.15, 0.2) is 0 Å². The number of benzene rings is 3. The maximum Gasteiger partial charge on any atom is 0.241 e. The molecular weight excluding hydrogens is 436 g/mol. The number of nitrogens with zero attached hydrogens (tertiary/aromatic N) is 2. The zero-order valence-corrected chi connectivity index (χ0v) is 19.1. The van der Waals surface area contributed by atoms with E-state index in [4.69, 9.17) is 0 Å². The highest BCUT2D eigenvalue weighted by Crippen LogP contribution is 2.24. The summed E-state index contributed by atoms with van der Waals surface area (Å²) in [6, 6.07) is 21.3. The summed E-state index contributed by atoms with van der Waals surface area (Å²) in [6.45, 7) is 3.27. The van der Waals surface area contributed by atoms with Gasteiger partial charge < -0.3 is 9.88 Å². The summed E-state index contributed by atoms with van der Waals surface area (Å²) >= 11 is 0. The first-order valence-electron chi connectivity index (χ1n) is 10.4. The number of amides is 1. The standard InChI is InChI=1S/C25H24N4O3S/c1-18(20-5-11-24(12-6-20)29-16-15-26-17-29)28-33(31,32)25-13-7-22(8-14-25)21-3-9-23(10-4-21)27-19(2)30/h3-18,28H,1-2H3,(H,27,30)/t18-/m1/s1. The molecule has 0 radical (unpaired) electrons. The van der Waals surface area contributed by atoms with Crippen molar-refractivity contribution in [3.05, 3.63) is 97.1 Å². The molecule has 7 nitrogen and oxygen atoms in total. The highest BCUT2D eigenvalue weighted by atomic mass is 32.2. The average molecular weight is 461 g/mol. The first kappa shape index (κ1) is 22.4. The number of carbonyl (C=O) groups is 1. The second-order valence-electron chi connectivity index (χ2n) is 7.69. The highest BCUT2D eigenvalue weighted by molar-refractivity contribution is 7.89. The second kappa shape index (κ2) is 9.40. The SMILES string of the molecule is CC(=O)Nc1ccc(-c2ccc(S(=O)(=O)N[C@H](C)c3ccc(-n4ccnc4)cc3)cc2)cc1. The summed E-state index contributed by atoms with van der Waals surface area (Å²) in [7, 11) is -3.69. The highest BCUT2D eigenvalue weighted by Gasteiger charge is 2.18. The van der Waals surface area contributed by atoms with Gasteiger partial charge in [-0.1, -0.05) is 36.4 Å². The van der Waals surface area contributed by atoms with E-state index in [0.717, 1.165) is 22.4 Å². The van der Waals surface area contributed by atoms with Gasteiger partial charge >= 0.3 is 0 Å². The van der Waals surface area contributed by atoms with Crippen molar-refractivity contribution in [3.8, 4) is 16.8 Å². The van der Waals surface area contributed by atoms with Gasteiger partial charge in [0.05, 0.1) is 11.2 Å². The Morgan fingerprint density at radius 1 is 0.909 bits per heavy atom. The van der Waals surface area contributed by atoms with Crippen molar-refractivity contribution in [3.63, 3.8) is 0 Å². The molecular formula is C25H24N4O3S. The van der Waals surface area contributed by atoms with Crippen LogP contribution in [-0.4, -0.2) is 23.9 Å². The van der Waals surface area contributed by atoms with E-state index in [1.54, 1.807) is 36.8 Å². The van der Waals surface area contributed by atoms with Crippen molar-refractivity contribution in [2.45, 2.75) is 24.8 Å². The minimum atomic E-state index is -3.69. The molecule has 4 aromatic rings. The van der Waals surface area contributed by atoms with E-state index >= 15 is 0 Å². The number of imidazole rings is 1. The topological polar surface area (TPSA) is 93.1 Å². The maximum absolute atomic E-state index is 12.9. The summed E-state index contributed by atoms with van der Waals surface area (Å²) in [5.41, 5.74) is 4.32. The Kier molecular flexibility index (Phi) is 6.39.